The molecular weight excluding hydrogens is 190 g/mol. The highest BCUT2D eigenvalue weighted by molar-refractivity contribution is 7.85. The van der Waals surface area contributed by atoms with E-state index in [2.05, 4.69) is 26.1 Å². The molecule has 13 heavy (non-hydrogen) atoms. The summed E-state index contributed by atoms with van der Waals surface area (Å²) in [6.45, 7) is 6.95. The maximum atomic E-state index is 10.2. The first-order chi connectivity index (χ1) is 5.71. The van der Waals surface area contributed by atoms with E-state index in [1.54, 1.807) is 0 Å². The summed E-state index contributed by atoms with van der Waals surface area (Å²) in [5, 5.41) is 2.60. The summed E-state index contributed by atoms with van der Waals surface area (Å²) < 4.78 is 30.5. The Kier molecular flexibility index (Phi) is 4.88. The molecule has 0 atom stereocenters. The molecule has 0 aliphatic rings. The highest BCUT2D eigenvalue weighted by Gasteiger charge is 2.08. The lowest BCUT2D eigenvalue weighted by atomic mass is 9.91. The van der Waals surface area contributed by atoms with E-state index in [4.69, 9.17) is 0 Å². The largest absolute Gasteiger partial charge is 0.747 e. The van der Waals surface area contributed by atoms with Gasteiger partial charge in [-0.2, -0.15) is 0 Å². The maximum Gasteiger partial charge on any atom is 0.108 e. The van der Waals surface area contributed by atoms with Gasteiger partial charge < -0.3 is 9.87 Å². The fourth-order valence-electron chi connectivity index (χ4n) is 0.941. The monoisotopic (exact) mass is 208 g/mol. The van der Waals surface area contributed by atoms with Crippen LogP contribution >= 0.6 is 0 Å². The lowest BCUT2D eigenvalue weighted by Gasteiger charge is -2.17. The van der Waals surface area contributed by atoms with Gasteiger partial charge in [0.15, 0.2) is 0 Å². The highest BCUT2D eigenvalue weighted by atomic mass is 32.2. The molecule has 0 heterocycles. The summed E-state index contributed by atoms with van der Waals surface area (Å²) >= 11 is 0. The summed E-state index contributed by atoms with van der Waals surface area (Å²) in [7, 11) is -4.10. The topological polar surface area (TPSA) is 69.2 Å². The van der Waals surface area contributed by atoms with Crippen LogP contribution in [0.5, 0.6) is 0 Å². The predicted molar refractivity (Wildman–Crippen MR) is 51.3 cm³/mol. The molecule has 0 saturated carbocycles. The van der Waals surface area contributed by atoms with Crippen LogP contribution in [-0.4, -0.2) is 25.4 Å². The molecule has 0 rings (SSSR count). The van der Waals surface area contributed by atoms with Crippen LogP contribution in [0.3, 0.4) is 0 Å². The Balaban J connectivity index is 3.39. The van der Waals surface area contributed by atoms with Crippen LogP contribution in [0.4, 0.5) is 0 Å². The molecule has 0 unspecified atom stereocenters. The summed E-state index contributed by atoms with van der Waals surface area (Å²) in [4.78, 5) is 0. The number of hydrogen-bond donors (Lipinski definition) is 1. The van der Waals surface area contributed by atoms with Gasteiger partial charge in [0.05, 0.1) is 5.88 Å². The van der Waals surface area contributed by atoms with Crippen LogP contribution in [0.2, 0.25) is 0 Å². The zero-order chi connectivity index (χ0) is 10.5. The van der Waals surface area contributed by atoms with E-state index in [0.29, 0.717) is 6.54 Å². The molecule has 4 nitrogen and oxygen atoms in total. The van der Waals surface area contributed by atoms with E-state index in [9.17, 15) is 13.0 Å². The van der Waals surface area contributed by atoms with Crippen LogP contribution in [-0.2, 0) is 10.1 Å². The molecule has 0 aliphatic heterocycles. The second-order valence-corrected chi connectivity index (χ2v) is 5.77. The first kappa shape index (κ1) is 12.9. The molecule has 80 valence electrons. The van der Waals surface area contributed by atoms with Crippen molar-refractivity contribution >= 4 is 10.1 Å². The molecule has 0 bridgehead atoms. The standard InChI is InChI=1S/C8H19NO3S/c1-8(2,3)5-4-6-9-7-13(10,11)12/h9H,4-7H2,1-3H3,(H,10,11,12)/p-1. The third kappa shape index (κ3) is 11.9. The minimum Gasteiger partial charge on any atom is -0.747 e. The van der Waals surface area contributed by atoms with Crippen molar-refractivity contribution in [3.63, 3.8) is 0 Å². The average Bonchev–Trinajstić information content (AvgIpc) is 1.81. The van der Waals surface area contributed by atoms with Gasteiger partial charge >= 0.3 is 0 Å². The Labute approximate surface area is 80.5 Å². The summed E-state index contributed by atoms with van der Waals surface area (Å²) in [6, 6.07) is 0. The summed E-state index contributed by atoms with van der Waals surface area (Å²) in [5.41, 5.74) is 0.262. The van der Waals surface area contributed by atoms with E-state index < -0.39 is 16.0 Å². The maximum absolute atomic E-state index is 10.2. The third-order valence-electron chi connectivity index (χ3n) is 1.56. The van der Waals surface area contributed by atoms with Crippen molar-refractivity contribution in [2.45, 2.75) is 33.6 Å². The van der Waals surface area contributed by atoms with Crippen LogP contribution in [0.25, 0.3) is 0 Å². The van der Waals surface area contributed by atoms with Gasteiger partial charge in [-0.15, -0.1) is 0 Å². The Bertz CT molecular complexity index is 228. The van der Waals surface area contributed by atoms with Crippen molar-refractivity contribution in [1.29, 1.82) is 0 Å². The molecule has 0 aromatic rings. The van der Waals surface area contributed by atoms with E-state index in [1.807, 2.05) is 0 Å². The molecule has 0 aromatic carbocycles. The van der Waals surface area contributed by atoms with Crippen molar-refractivity contribution < 1.29 is 13.0 Å². The minimum absolute atomic E-state index is 0.262. The molecule has 0 radical (unpaired) electrons. The fraction of sp³-hybridized carbons (Fsp3) is 1.00. The second kappa shape index (κ2) is 4.93. The van der Waals surface area contributed by atoms with Gasteiger partial charge in [-0.3, -0.25) is 0 Å². The Morgan fingerprint density at radius 1 is 1.31 bits per heavy atom. The zero-order valence-electron chi connectivity index (χ0n) is 8.46. The van der Waals surface area contributed by atoms with Crippen LogP contribution in [0.15, 0.2) is 0 Å². The second-order valence-electron chi connectivity index (χ2n) is 4.37. The predicted octanol–water partition coefficient (Wildman–Crippen LogP) is 0.905. The van der Waals surface area contributed by atoms with E-state index in [0.717, 1.165) is 12.8 Å². The van der Waals surface area contributed by atoms with E-state index in [-0.39, 0.29) is 5.41 Å². The van der Waals surface area contributed by atoms with Gasteiger partial charge in [-0.1, -0.05) is 20.8 Å². The van der Waals surface area contributed by atoms with Gasteiger partial charge in [0.25, 0.3) is 0 Å². The SMILES string of the molecule is CC(C)(C)CCCNCS(=O)(=O)[O-]. The lowest BCUT2D eigenvalue weighted by molar-refractivity contribution is 0.362. The fourth-order valence-corrected chi connectivity index (χ4v) is 1.34. The normalized spacial score (nSPS) is 13.2. The Morgan fingerprint density at radius 3 is 2.23 bits per heavy atom. The molecule has 0 spiro atoms. The summed E-state index contributed by atoms with van der Waals surface area (Å²) in [6.07, 6.45) is 1.90. The number of rotatable bonds is 5. The highest BCUT2D eigenvalue weighted by Crippen LogP contribution is 2.19. The van der Waals surface area contributed by atoms with Crippen LogP contribution in [0.1, 0.15) is 33.6 Å². The smallest absolute Gasteiger partial charge is 0.108 e. The van der Waals surface area contributed by atoms with Gasteiger partial charge in [0.2, 0.25) is 0 Å². The van der Waals surface area contributed by atoms with Crippen molar-refractivity contribution in [2.24, 2.45) is 5.41 Å². The van der Waals surface area contributed by atoms with E-state index >= 15 is 0 Å². The van der Waals surface area contributed by atoms with Crippen molar-refractivity contribution in [3.8, 4) is 0 Å². The summed E-state index contributed by atoms with van der Waals surface area (Å²) in [5.74, 6) is -0.461. The van der Waals surface area contributed by atoms with Crippen LogP contribution < -0.4 is 5.32 Å². The average molecular weight is 208 g/mol. The van der Waals surface area contributed by atoms with Crippen LogP contribution in [0, 0.1) is 5.41 Å². The minimum atomic E-state index is -4.10. The first-order valence-electron chi connectivity index (χ1n) is 4.35. The molecular formula is C8H18NO3S-. The van der Waals surface area contributed by atoms with Gasteiger partial charge in [-0.05, 0) is 24.8 Å². The molecule has 0 aromatic heterocycles. The number of nitrogens with one attached hydrogen (secondary N) is 1. The first-order valence-corrected chi connectivity index (χ1v) is 5.93. The van der Waals surface area contributed by atoms with Crippen molar-refractivity contribution in [3.05, 3.63) is 0 Å². The molecule has 0 amide bonds. The molecule has 1 N–H and O–H groups in total. The van der Waals surface area contributed by atoms with E-state index in [1.165, 1.54) is 0 Å². The van der Waals surface area contributed by atoms with Crippen molar-refractivity contribution in [2.75, 3.05) is 12.4 Å². The quantitative estimate of drug-likeness (QED) is 0.538. The number of hydrogen-bond acceptors (Lipinski definition) is 4. The van der Waals surface area contributed by atoms with Gasteiger partial charge in [-0.25, -0.2) is 8.42 Å². The molecule has 5 heteroatoms. The third-order valence-corrected chi connectivity index (χ3v) is 2.12. The molecule has 0 aliphatic carbocycles. The Hall–Kier alpha value is -0.130. The van der Waals surface area contributed by atoms with Gasteiger partial charge in [0.1, 0.15) is 10.1 Å². The zero-order valence-corrected chi connectivity index (χ0v) is 9.28. The van der Waals surface area contributed by atoms with Crippen molar-refractivity contribution in [1.82, 2.24) is 5.32 Å². The van der Waals surface area contributed by atoms with Gasteiger partial charge in [0, 0.05) is 0 Å². The molecule has 0 saturated heterocycles. The lowest BCUT2D eigenvalue weighted by Crippen LogP contribution is -2.24. The molecule has 0 fully saturated rings. The Morgan fingerprint density at radius 2 is 1.85 bits per heavy atom.